The first-order valence-electron chi connectivity index (χ1n) is 9.83. The van der Waals surface area contributed by atoms with Crippen molar-refractivity contribution in [3.63, 3.8) is 0 Å². The molecule has 3 aromatic rings. The number of benzene rings is 1. The van der Waals surface area contributed by atoms with Crippen molar-refractivity contribution in [3.8, 4) is 17.7 Å². The molecule has 0 amide bonds. The third-order valence-corrected chi connectivity index (χ3v) is 5.16. The van der Waals surface area contributed by atoms with Crippen LogP contribution >= 0.6 is 0 Å². The zero-order valence-electron chi connectivity index (χ0n) is 17.4. The summed E-state index contributed by atoms with van der Waals surface area (Å²) in [5.74, 6) is 3.42. The van der Waals surface area contributed by atoms with Crippen molar-refractivity contribution >= 4 is 22.7 Å². The van der Waals surface area contributed by atoms with Crippen LogP contribution in [0.5, 0.6) is 11.5 Å². The molecule has 160 valence electrons. The minimum atomic E-state index is 0.464. The normalized spacial score (nSPS) is 14.4. The van der Waals surface area contributed by atoms with Gasteiger partial charge in [-0.1, -0.05) is 0 Å². The van der Waals surface area contributed by atoms with Gasteiger partial charge in [0.2, 0.25) is 12.2 Å². The van der Waals surface area contributed by atoms with Gasteiger partial charge in [-0.2, -0.15) is 5.26 Å². The number of piperazine rings is 1. The lowest BCUT2D eigenvalue weighted by Gasteiger charge is -2.37. The quantitative estimate of drug-likeness (QED) is 0.375. The molecule has 1 aromatic carbocycles. The molecule has 0 aliphatic carbocycles. The molecule has 1 saturated heterocycles. The fourth-order valence-corrected chi connectivity index (χ4v) is 3.60. The smallest absolute Gasteiger partial charge is 0.210 e. The van der Waals surface area contributed by atoms with Crippen molar-refractivity contribution in [2.24, 2.45) is 4.99 Å². The van der Waals surface area contributed by atoms with Gasteiger partial charge in [0.25, 0.3) is 0 Å². The average molecular weight is 421 g/mol. The van der Waals surface area contributed by atoms with Crippen molar-refractivity contribution in [2.45, 2.75) is 6.54 Å². The Hall–Kier alpha value is -4.00. The van der Waals surface area contributed by atoms with Crippen LogP contribution in [0.15, 0.2) is 46.3 Å². The number of nitrogens with zero attached hydrogens (tertiary/aromatic N) is 6. The second kappa shape index (κ2) is 9.21. The number of hydrogen-bond donors (Lipinski definition) is 1. The monoisotopic (exact) mass is 421 g/mol. The Kier molecular flexibility index (Phi) is 6.03. The number of furan rings is 1. The minimum Gasteiger partial charge on any atom is -0.493 e. The molecule has 0 unspecified atom stereocenters. The van der Waals surface area contributed by atoms with Crippen LogP contribution in [0.4, 0.5) is 5.82 Å². The van der Waals surface area contributed by atoms with Gasteiger partial charge in [0.15, 0.2) is 11.5 Å². The first-order valence-corrected chi connectivity index (χ1v) is 9.83. The van der Waals surface area contributed by atoms with Gasteiger partial charge in [0.1, 0.15) is 17.9 Å². The van der Waals surface area contributed by atoms with Gasteiger partial charge >= 0.3 is 0 Å². The number of anilines is 1. The van der Waals surface area contributed by atoms with Gasteiger partial charge < -0.3 is 29.0 Å². The highest BCUT2D eigenvalue weighted by Gasteiger charge is 2.23. The number of nitriles is 1. The largest absolute Gasteiger partial charge is 0.493 e. The van der Waals surface area contributed by atoms with Crippen molar-refractivity contribution in [2.75, 3.05) is 45.3 Å². The van der Waals surface area contributed by atoms with Crippen LogP contribution < -0.4 is 19.7 Å². The number of guanidine groups is 1. The lowest BCUT2D eigenvalue weighted by atomic mass is 10.2. The lowest BCUT2D eigenvalue weighted by Crippen LogP contribution is -2.52. The molecule has 10 nitrogen and oxygen atoms in total. The van der Waals surface area contributed by atoms with Crippen LogP contribution in [0, 0.1) is 11.5 Å². The number of aromatic nitrogens is 2. The number of ether oxygens (including phenoxy) is 2. The van der Waals surface area contributed by atoms with Crippen molar-refractivity contribution < 1.29 is 13.9 Å². The number of fused-ring (bicyclic) bond motifs is 1. The Morgan fingerprint density at radius 1 is 1.19 bits per heavy atom. The summed E-state index contributed by atoms with van der Waals surface area (Å²) >= 11 is 0. The molecular formula is C21H23N7O3. The van der Waals surface area contributed by atoms with E-state index < -0.39 is 0 Å². The van der Waals surface area contributed by atoms with Gasteiger partial charge in [-0.3, -0.25) is 0 Å². The highest BCUT2D eigenvalue weighted by Crippen LogP contribution is 2.34. The van der Waals surface area contributed by atoms with Crippen molar-refractivity contribution in [3.05, 3.63) is 42.6 Å². The second-order valence-electron chi connectivity index (χ2n) is 6.86. The summed E-state index contributed by atoms with van der Waals surface area (Å²) in [4.78, 5) is 17.1. The fraction of sp³-hybridized carbons (Fsp3) is 0.333. The van der Waals surface area contributed by atoms with Gasteiger partial charge in [0.05, 0.1) is 32.5 Å². The Morgan fingerprint density at radius 2 is 1.97 bits per heavy atom. The third kappa shape index (κ3) is 4.30. The summed E-state index contributed by atoms with van der Waals surface area (Å²) in [5.41, 5.74) is 0.789. The number of rotatable bonds is 5. The molecule has 2 aromatic heterocycles. The van der Waals surface area contributed by atoms with Crippen molar-refractivity contribution in [1.29, 1.82) is 5.26 Å². The topological polar surface area (TPSA) is 112 Å². The first-order chi connectivity index (χ1) is 15.2. The molecule has 31 heavy (non-hydrogen) atoms. The van der Waals surface area contributed by atoms with Crippen LogP contribution in [0.3, 0.4) is 0 Å². The molecule has 0 saturated carbocycles. The van der Waals surface area contributed by atoms with E-state index in [0.717, 1.165) is 22.5 Å². The molecule has 3 heterocycles. The number of methoxy groups -OCH3 is 2. The molecular weight excluding hydrogens is 398 g/mol. The van der Waals surface area contributed by atoms with Crippen LogP contribution in [0.25, 0.3) is 10.9 Å². The van der Waals surface area contributed by atoms with Gasteiger partial charge in [-0.25, -0.2) is 9.97 Å². The third-order valence-electron chi connectivity index (χ3n) is 5.16. The van der Waals surface area contributed by atoms with E-state index in [-0.39, 0.29) is 0 Å². The molecule has 1 fully saturated rings. The van der Waals surface area contributed by atoms with Crippen LogP contribution in [0.1, 0.15) is 5.76 Å². The highest BCUT2D eigenvalue weighted by atomic mass is 16.5. The molecule has 4 rings (SSSR count). The van der Waals surface area contributed by atoms with E-state index in [1.165, 1.54) is 0 Å². The Bertz CT molecular complexity index is 1100. The predicted octanol–water partition coefficient (Wildman–Crippen LogP) is 1.99. The molecule has 0 spiro atoms. The summed E-state index contributed by atoms with van der Waals surface area (Å²) in [6.07, 6.45) is 5.06. The first kappa shape index (κ1) is 20.3. The molecule has 0 bridgehead atoms. The van der Waals surface area contributed by atoms with E-state index in [1.54, 1.807) is 26.8 Å². The minimum absolute atomic E-state index is 0.464. The zero-order chi connectivity index (χ0) is 21.6. The van der Waals surface area contributed by atoms with E-state index in [2.05, 4.69) is 30.1 Å². The van der Waals surface area contributed by atoms with Crippen LogP contribution in [0.2, 0.25) is 0 Å². The van der Waals surface area contributed by atoms with E-state index in [4.69, 9.17) is 19.2 Å². The maximum Gasteiger partial charge on any atom is 0.210 e. The second-order valence-corrected chi connectivity index (χ2v) is 6.86. The molecule has 10 heteroatoms. The zero-order valence-corrected chi connectivity index (χ0v) is 17.4. The summed E-state index contributed by atoms with van der Waals surface area (Å²) in [5, 5.41) is 13.2. The Balaban J connectivity index is 1.49. The lowest BCUT2D eigenvalue weighted by molar-refractivity contribution is 0.355. The number of hydrogen-bond acceptors (Lipinski definition) is 8. The molecule has 0 radical (unpaired) electrons. The summed E-state index contributed by atoms with van der Waals surface area (Å²) in [6, 6.07) is 7.46. The van der Waals surface area contributed by atoms with Crippen LogP contribution in [-0.4, -0.2) is 61.2 Å². The van der Waals surface area contributed by atoms with E-state index in [1.807, 2.05) is 30.5 Å². The van der Waals surface area contributed by atoms with Crippen molar-refractivity contribution in [1.82, 2.24) is 20.2 Å². The number of aliphatic imine (C=N–C) groups is 1. The van der Waals surface area contributed by atoms with E-state index in [0.29, 0.717) is 50.2 Å². The fourth-order valence-electron chi connectivity index (χ4n) is 3.60. The predicted molar refractivity (Wildman–Crippen MR) is 115 cm³/mol. The maximum atomic E-state index is 9.09. The maximum absolute atomic E-state index is 9.09. The summed E-state index contributed by atoms with van der Waals surface area (Å²) < 4.78 is 16.2. The summed E-state index contributed by atoms with van der Waals surface area (Å²) in [6.45, 7) is 3.27. The SMILES string of the molecule is COc1cc2ncnc(N3CCN(/C(=N/C#N)NCc4ccco4)CC3)c2cc1OC. The highest BCUT2D eigenvalue weighted by molar-refractivity contribution is 5.92. The molecule has 1 aliphatic heterocycles. The molecule has 0 atom stereocenters. The van der Waals surface area contributed by atoms with Gasteiger partial charge in [-0.15, -0.1) is 4.99 Å². The standard InChI is InChI=1S/C21H23N7O3/c1-29-18-10-16-17(11-19(18)30-2)25-14-26-20(16)27-5-7-28(8-6-27)21(24-13-22)23-12-15-4-3-9-31-15/h3-4,9-11,14H,5-8,12H2,1-2H3,(H,23,24). The Labute approximate surface area is 179 Å². The molecule has 1 aliphatic rings. The van der Waals surface area contributed by atoms with Gasteiger partial charge in [-0.05, 0) is 18.2 Å². The van der Waals surface area contributed by atoms with Crippen LogP contribution in [-0.2, 0) is 6.54 Å². The molecule has 1 N–H and O–H groups in total. The summed E-state index contributed by atoms with van der Waals surface area (Å²) in [7, 11) is 3.21. The Morgan fingerprint density at radius 3 is 2.65 bits per heavy atom. The van der Waals surface area contributed by atoms with E-state index >= 15 is 0 Å². The van der Waals surface area contributed by atoms with Gasteiger partial charge in [0, 0.05) is 37.6 Å². The number of nitrogens with one attached hydrogen (secondary N) is 1. The average Bonchev–Trinajstić information content (AvgIpc) is 3.34. The van der Waals surface area contributed by atoms with E-state index in [9.17, 15) is 0 Å².